The van der Waals surface area contributed by atoms with Crippen molar-refractivity contribution in [2.75, 3.05) is 7.05 Å². The molecule has 5 nitrogen and oxygen atoms in total. The van der Waals surface area contributed by atoms with Crippen LogP contribution in [0.2, 0.25) is 0 Å². The summed E-state index contributed by atoms with van der Waals surface area (Å²) < 4.78 is 1.60. The standard InChI is InChI=1S/C21H29N3O2/c1-6-8-11-19(16-10-9-12-22-14-16)24(5)21(26)17-13-15(3)18(7-2)23(4)20(17)25/h9-10,12-14,19H,6-8,11H2,1-5H3. The fourth-order valence-electron chi connectivity index (χ4n) is 3.48. The molecule has 2 aromatic heterocycles. The summed E-state index contributed by atoms with van der Waals surface area (Å²) in [5.41, 5.74) is 2.93. The van der Waals surface area contributed by atoms with Gasteiger partial charge in [0.1, 0.15) is 5.56 Å². The van der Waals surface area contributed by atoms with Gasteiger partial charge in [-0.1, -0.05) is 32.8 Å². The molecule has 140 valence electrons. The molecule has 0 aromatic carbocycles. The van der Waals surface area contributed by atoms with E-state index in [4.69, 9.17) is 0 Å². The first-order valence-electron chi connectivity index (χ1n) is 9.28. The molecule has 2 heterocycles. The number of aryl methyl sites for hydroxylation is 1. The summed E-state index contributed by atoms with van der Waals surface area (Å²) in [6, 6.07) is 5.51. The first-order valence-corrected chi connectivity index (χ1v) is 9.28. The Morgan fingerprint density at radius 3 is 2.65 bits per heavy atom. The Labute approximate surface area is 155 Å². The fourth-order valence-corrected chi connectivity index (χ4v) is 3.48. The first kappa shape index (κ1) is 19.9. The number of aromatic nitrogens is 2. The average molecular weight is 355 g/mol. The molecule has 5 heteroatoms. The van der Waals surface area contributed by atoms with E-state index in [1.54, 1.807) is 42.0 Å². The summed E-state index contributed by atoms with van der Waals surface area (Å²) in [4.78, 5) is 31.7. The van der Waals surface area contributed by atoms with E-state index in [9.17, 15) is 9.59 Å². The van der Waals surface area contributed by atoms with Crippen molar-refractivity contribution in [3.05, 3.63) is 63.3 Å². The van der Waals surface area contributed by atoms with Crippen LogP contribution in [0.4, 0.5) is 0 Å². The van der Waals surface area contributed by atoms with Crippen LogP contribution in [0.5, 0.6) is 0 Å². The second-order valence-corrected chi connectivity index (χ2v) is 6.77. The van der Waals surface area contributed by atoms with E-state index in [1.165, 1.54) is 0 Å². The van der Waals surface area contributed by atoms with Crippen LogP contribution in [0.1, 0.15) is 66.3 Å². The van der Waals surface area contributed by atoms with Crippen LogP contribution in [0, 0.1) is 6.92 Å². The van der Waals surface area contributed by atoms with Crippen molar-refractivity contribution in [1.82, 2.24) is 14.5 Å². The third-order valence-electron chi connectivity index (χ3n) is 5.01. The zero-order valence-electron chi connectivity index (χ0n) is 16.5. The van der Waals surface area contributed by atoms with E-state index in [-0.39, 0.29) is 23.1 Å². The number of pyridine rings is 2. The average Bonchev–Trinajstić information content (AvgIpc) is 2.65. The zero-order chi connectivity index (χ0) is 19.3. The highest BCUT2D eigenvalue weighted by atomic mass is 16.2. The zero-order valence-corrected chi connectivity index (χ0v) is 16.5. The molecule has 0 bridgehead atoms. The van der Waals surface area contributed by atoms with Gasteiger partial charge in [0.2, 0.25) is 0 Å². The molecule has 26 heavy (non-hydrogen) atoms. The predicted molar refractivity (Wildman–Crippen MR) is 104 cm³/mol. The highest BCUT2D eigenvalue weighted by molar-refractivity contribution is 5.94. The molecule has 1 atom stereocenters. The van der Waals surface area contributed by atoms with Gasteiger partial charge in [0.15, 0.2) is 0 Å². The Morgan fingerprint density at radius 2 is 2.08 bits per heavy atom. The number of rotatable bonds is 7. The number of unbranched alkanes of at least 4 members (excludes halogenated alkanes) is 1. The summed E-state index contributed by atoms with van der Waals surface area (Å²) in [7, 11) is 3.51. The Kier molecular flexibility index (Phi) is 6.72. The highest BCUT2D eigenvalue weighted by Crippen LogP contribution is 2.26. The lowest BCUT2D eigenvalue weighted by Gasteiger charge is -2.29. The summed E-state index contributed by atoms with van der Waals surface area (Å²) >= 11 is 0. The molecule has 0 aliphatic rings. The summed E-state index contributed by atoms with van der Waals surface area (Å²) in [5, 5.41) is 0. The topological polar surface area (TPSA) is 55.2 Å². The van der Waals surface area contributed by atoms with Crippen molar-refractivity contribution >= 4 is 5.91 Å². The monoisotopic (exact) mass is 355 g/mol. The lowest BCUT2D eigenvalue weighted by Crippen LogP contribution is -2.37. The van der Waals surface area contributed by atoms with E-state index < -0.39 is 0 Å². The smallest absolute Gasteiger partial charge is 0.263 e. The molecule has 0 fully saturated rings. The molecule has 0 spiro atoms. The number of nitrogens with zero attached hydrogens (tertiary/aromatic N) is 3. The van der Waals surface area contributed by atoms with Crippen molar-refractivity contribution in [3.63, 3.8) is 0 Å². The quantitative estimate of drug-likeness (QED) is 0.762. The van der Waals surface area contributed by atoms with Gasteiger partial charge < -0.3 is 9.47 Å². The van der Waals surface area contributed by atoms with Gasteiger partial charge in [-0.25, -0.2) is 0 Å². The van der Waals surface area contributed by atoms with Crippen LogP contribution in [-0.2, 0) is 13.5 Å². The Morgan fingerprint density at radius 1 is 1.35 bits per heavy atom. The molecule has 2 aromatic rings. The Hall–Kier alpha value is -2.43. The number of hydrogen-bond acceptors (Lipinski definition) is 3. The van der Waals surface area contributed by atoms with Crippen LogP contribution in [0.3, 0.4) is 0 Å². The summed E-state index contributed by atoms with van der Waals surface area (Å²) in [5.74, 6) is -0.235. The van der Waals surface area contributed by atoms with Crippen molar-refractivity contribution in [3.8, 4) is 0 Å². The van der Waals surface area contributed by atoms with Crippen molar-refractivity contribution in [1.29, 1.82) is 0 Å². The Balaban J connectivity index is 2.42. The van der Waals surface area contributed by atoms with Crippen molar-refractivity contribution < 1.29 is 4.79 Å². The van der Waals surface area contributed by atoms with E-state index in [0.717, 1.165) is 42.5 Å². The second-order valence-electron chi connectivity index (χ2n) is 6.77. The van der Waals surface area contributed by atoms with Crippen LogP contribution in [0.25, 0.3) is 0 Å². The molecule has 2 rings (SSSR count). The van der Waals surface area contributed by atoms with Crippen molar-refractivity contribution in [2.24, 2.45) is 7.05 Å². The largest absolute Gasteiger partial charge is 0.334 e. The van der Waals surface area contributed by atoms with E-state index in [0.29, 0.717) is 0 Å². The van der Waals surface area contributed by atoms with E-state index >= 15 is 0 Å². The van der Waals surface area contributed by atoms with Gasteiger partial charge in [-0.3, -0.25) is 14.6 Å². The normalized spacial score (nSPS) is 12.0. The molecular formula is C21H29N3O2. The minimum atomic E-state index is -0.235. The van der Waals surface area contributed by atoms with E-state index in [2.05, 4.69) is 11.9 Å². The molecule has 0 aliphatic carbocycles. The van der Waals surface area contributed by atoms with Gasteiger partial charge in [-0.05, 0) is 43.0 Å². The highest BCUT2D eigenvalue weighted by Gasteiger charge is 2.25. The minimum Gasteiger partial charge on any atom is -0.334 e. The van der Waals surface area contributed by atoms with Gasteiger partial charge in [0, 0.05) is 32.2 Å². The maximum absolute atomic E-state index is 13.1. The van der Waals surface area contributed by atoms with Crippen LogP contribution < -0.4 is 5.56 Å². The lowest BCUT2D eigenvalue weighted by molar-refractivity contribution is 0.0717. The lowest BCUT2D eigenvalue weighted by atomic mass is 10.00. The molecule has 0 radical (unpaired) electrons. The number of amides is 1. The van der Waals surface area contributed by atoms with Gasteiger partial charge in [0.05, 0.1) is 6.04 Å². The van der Waals surface area contributed by atoms with Crippen molar-refractivity contribution in [2.45, 2.75) is 52.5 Å². The summed E-state index contributed by atoms with van der Waals surface area (Å²) in [6.45, 7) is 6.09. The Bertz CT molecular complexity index is 812. The number of carbonyl (C=O) groups is 1. The number of carbonyl (C=O) groups excluding carboxylic acids is 1. The maximum Gasteiger partial charge on any atom is 0.263 e. The van der Waals surface area contributed by atoms with Gasteiger partial charge in [0.25, 0.3) is 11.5 Å². The third kappa shape index (κ3) is 4.03. The molecular weight excluding hydrogens is 326 g/mol. The van der Waals surface area contributed by atoms with Crippen LogP contribution in [0.15, 0.2) is 35.4 Å². The molecule has 1 unspecified atom stereocenters. The van der Waals surface area contributed by atoms with E-state index in [1.807, 2.05) is 26.0 Å². The van der Waals surface area contributed by atoms with Crippen LogP contribution in [-0.4, -0.2) is 27.4 Å². The minimum absolute atomic E-state index is 0.0907. The van der Waals surface area contributed by atoms with Crippen LogP contribution >= 0.6 is 0 Å². The third-order valence-corrected chi connectivity index (χ3v) is 5.01. The molecule has 0 aliphatic heterocycles. The molecule has 1 amide bonds. The SMILES string of the molecule is CCCCC(c1cccnc1)N(C)C(=O)c1cc(C)c(CC)n(C)c1=O. The number of hydrogen-bond donors (Lipinski definition) is 0. The summed E-state index contributed by atoms with van der Waals surface area (Å²) in [6.07, 6.45) is 7.18. The van der Waals surface area contributed by atoms with Gasteiger partial charge in [-0.15, -0.1) is 0 Å². The maximum atomic E-state index is 13.1. The molecule has 0 N–H and O–H groups in total. The molecule has 0 saturated carbocycles. The van der Waals surface area contributed by atoms with Gasteiger partial charge in [-0.2, -0.15) is 0 Å². The second kappa shape index (κ2) is 8.79. The van der Waals surface area contributed by atoms with Gasteiger partial charge >= 0.3 is 0 Å². The fraction of sp³-hybridized carbons (Fsp3) is 0.476. The first-order chi connectivity index (χ1) is 12.4. The molecule has 0 saturated heterocycles. The predicted octanol–water partition coefficient (Wildman–Crippen LogP) is 3.65.